The Labute approximate surface area is 86.4 Å². The van der Waals surface area contributed by atoms with Crippen LogP contribution >= 0.6 is 0 Å². The Balaban J connectivity index is 2.04. The van der Waals surface area contributed by atoms with Crippen LogP contribution in [0.3, 0.4) is 0 Å². The van der Waals surface area contributed by atoms with Gasteiger partial charge in [-0.05, 0) is 33.7 Å². The van der Waals surface area contributed by atoms with E-state index >= 15 is 0 Å². The molecule has 2 rings (SSSR count). The second kappa shape index (κ2) is 2.73. The summed E-state index contributed by atoms with van der Waals surface area (Å²) < 4.78 is 22.4. The smallest absolute Gasteiger partial charge is 0.151 e. The van der Waals surface area contributed by atoms with Crippen LogP contribution in [0.1, 0.15) is 27.2 Å². The number of hydrogen-bond acceptors (Lipinski definition) is 3. The summed E-state index contributed by atoms with van der Waals surface area (Å²) in [5, 5.41) is 0. The van der Waals surface area contributed by atoms with E-state index in [2.05, 4.69) is 25.7 Å². The van der Waals surface area contributed by atoms with Crippen molar-refractivity contribution >= 4 is 9.84 Å². The van der Waals surface area contributed by atoms with Crippen LogP contribution in [0.2, 0.25) is 0 Å². The van der Waals surface area contributed by atoms with E-state index in [0.717, 1.165) is 19.5 Å². The van der Waals surface area contributed by atoms with Crippen LogP contribution in [-0.4, -0.2) is 43.5 Å². The molecule has 0 aromatic carbocycles. The lowest BCUT2D eigenvalue weighted by Gasteiger charge is -2.39. The molecule has 2 aliphatic rings. The van der Waals surface area contributed by atoms with Crippen LogP contribution in [-0.2, 0) is 9.84 Å². The van der Waals surface area contributed by atoms with Gasteiger partial charge in [0.1, 0.15) is 0 Å². The van der Waals surface area contributed by atoms with Gasteiger partial charge in [0.05, 0.1) is 11.5 Å². The Morgan fingerprint density at radius 3 is 2.14 bits per heavy atom. The van der Waals surface area contributed by atoms with E-state index in [-0.39, 0.29) is 11.0 Å². The standard InChI is InChI=1S/C10H19NO2S/c1-9(2,3)11-5-4-10(6-11)7-14(12,13)8-10/h4-8H2,1-3H3. The van der Waals surface area contributed by atoms with Gasteiger partial charge < -0.3 is 0 Å². The van der Waals surface area contributed by atoms with Gasteiger partial charge in [0.15, 0.2) is 9.84 Å². The average molecular weight is 217 g/mol. The molecule has 82 valence electrons. The molecule has 2 saturated heterocycles. The molecule has 3 nitrogen and oxygen atoms in total. The minimum absolute atomic E-state index is 0.117. The van der Waals surface area contributed by atoms with Gasteiger partial charge in [-0.2, -0.15) is 0 Å². The van der Waals surface area contributed by atoms with Gasteiger partial charge in [0.25, 0.3) is 0 Å². The number of sulfone groups is 1. The normalized spacial score (nSPS) is 30.5. The molecule has 0 N–H and O–H groups in total. The molecule has 1 spiro atoms. The number of hydrogen-bond donors (Lipinski definition) is 0. The van der Waals surface area contributed by atoms with Gasteiger partial charge in [-0.3, -0.25) is 4.90 Å². The van der Waals surface area contributed by atoms with E-state index in [1.54, 1.807) is 0 Å². The van der Waals surface area contributed by atoms with Crippen molar-refractivity contribution in [3.63, 3.8) is 0 Å². The highest BCUT2D eigenvalue weighted by molar-refractivity contribution is 7.92. The van der Waals surface area contributed by atoms with Crippen LogP contribution in [0, 0.1) is 5.41 Å². The molecule has 0 aromatic heterocycles. The summed E-state index contributed by atoms with van der Waals surface area (Å²) in [4.78, 5) is 2.40. The van der Waals surface area contributed by atoms with Crippen LogP contribution < -0.4 is 0 Å². The highest BCUT2D eigenvalue weighted by Crippen LogP contribution is 2.43. The molecule has 4 heteroatoms. The Morgan fingerprint density at radius 1 is 1.21 bits per heavy atom. The lowest BCUT2D eigenvalue weighted by atomic mass is 9.91. The molecule has 2 aliphatic heterocycles. The second-order valence-electron chi connectivity index (χ2n) is 5.87. The lowest BCUT2D eigenvalue weighted by Crippen LogP contribution is -2.51. The summed E-state index contributed by atoms with van der Waals surface area (Å²) in [5.41, 5.74) is 0.301. The predicted octanol–water partition coefficient (Wildman–Crippen LogP) is 0.905. The van der Waals surface area contributed by atoms with Crippen LogP contribution in [0.5, 0.6) is 0 Å². The van der Waals surface area contributed by atoms with E-state index in [0.29, 0.717) is 11.5 Å². The van der Waals surface area contributed by atoms with Crippen molar-refractivity contribution in [2.24, 2.45) is 5.41 Å². The van der Waals surface area contributed by atoms with Crippen LogP contribution in [0.25, 0.3) is 0 Å². The zero-order chi connectivity index (χ0) is 10.6. The molecule has 0 aliphatic carbocycles. The third-order valence-electron chi connectivity index (χ3n) is 3.44. The third-order valence-corrected chi connectivity index (χ3v) is 5.54. The maximum atomic E-state index is 11.2. The molecule has 0 bridgehead atoms. The highest BCUT2D eigenvalue weighted by Gasteiger charge is 2.53. The summed E-state index contributed by atoms with van der Waals surface area (Å²) >= 11 is 0. The predicted molar refractivity (Wildman–Crippen MR) is 57.0 cm³/mol. The van der Waals surface area contributed by atoms with E-state index in [9.17, 15) is 8.42 Å². The summed E-state index contributed by atoms with van der Waals surface area (Å²) in [7, 11) is -2.67. The summed E-state index contributed by atoms with van der Waals surface area (Å²) in [6, 6.07) is 0. The van der Waals surface area contributed by atoms with Crippen molar-refractivity contribution in [1.82, 2.24) is 4.90 Å². The quantitative estimate of drug-likeness (QED) is 0.605. The van der Waals surface area contributed by atoms with Gasteiger partial charge in [0, 0.05) is 17.5 Å². The first kappa shape index (κ1) is 10.4. The van der Waals surface area contributed by atoms with E-state index in [4.69, 9.17) is 0 Å². The number of nitrogens with zero attached hydrogens (tertiary/aromatic N) is 1. The molecule has 14 heavy (non-hydrogen) atoms. The highest BCUT2D eigenvalue weighted by atomic mass is 32.2. The van der Waals surface area contributed by atoms with E-state index in [1.165, 1.54) is 0 Å². The fourth-order valence-electron chi connectivity index (χ4n) is 2.63. The summed E-state index contributed by atoms with van der Waals surface area (Å²) in [5.74, 6) is 0.846. The van der Waals surface area contributed by atoms with E-state index < -0.39 is 9.84 Å². The average Bonchev–Trinajstić information content (AvgIpc) is 2.27. The second-order valence-corrected chi connectivity index (χ2v) is 7.94. The van der Waals surface area contributed by atoms with E-state index in [1.807, 2.05) is 0 Å². The van der Waals surface area contributed by atoms with Crippen molar-refractivity contribution in [1.29, 1.82) is 0 Å². The molecular formula is C10H19NO2S. The van der Waals surface area contributed by atoms with Gasteiger partial charge in [-0.25, -0.2) is 8.42 Å². The van der Waals surface area contributed by atoms with Crippen molar-refractivity contribution in [2.75, 3.05) is 24.6 Å². The van der Waals surface area contributed by atoms with Gasteiger partial charge >= 0.3 is 0 Å². The molecule has 0 atom stereocenters. The largest absolute Gasteiger partial charge is 0.298 e. The molecule has 2 fully saturated rings. The fourth-order valence-corrected chi connectivity index (χ4v) is 4.89. The maximum Gasteiger partial charge on any atom is 0.151 e. The van der Waals surface area contributed by atoms with Crippen LogP contribution in [0.15, 0.2) is 0 Å². The van der Waals surface area contributed by atoms with Crippen molar-refractivity contribution < 1.29 is 8.42 Å². The van der Waals surface area contributed by atoms with Crippen molar-refractivity contribution in [3.8, 4) is 0 Å². The van der Waals surface area contributed by atoms with Crippen molar-refractivity contribution in [3.05, 3.63) is 0 Å². The first-order valence-corrected chi connectivity index (χ1v) is 7.00. The zero-order valence-electron chi connectivity index (χ0n) is 9.21. The minimum Gasteiger partial charge on any atom is -0.298 e. The molecule has 0 unspecified atom stereocenters. The Bertz CT molecular complexity index is 328. The molecule has 0 aromatic rings. The Hall–Kier alpha value is -0.0900. The van der Waals surface area contributed by atoms with Gasteiger partial charge in [-0.1, -0.05) is 0 Å². The first-order chi connectivity index (χ1) is 6.23. The van der Waals surface area contributed by atoms with Gasteiger partial charge in [0.2, 0.25) is 0 Å². The number of likely N-dealkylation sites (tertiary alicyclic amines) is 1. The topological polar surface area (TPSA) is 37.4 Å². The summed E-state index contributed by atoms with van der Waals surface area (Å²) in [6.45, 7) is 8.60. The minimum atomic E-state index is -2.67. The molecule has 2 heterocycles. The molecular weight excluding hydrogens is 198 g/mol. The first-order valence-electron chi connectivity index (χ1n) is 5.18. The Kier molecular flexibility index (Phi) is 2.03. The van der Waals surface area contributed by atoms with Crippen molar-refractivity contribution in [2.45, 2.75) is 32.7 Å². The monoisotopic (exact) mass is 217 g/mol. The fraction of sp³-hybridized carbons (Fsp3) is 1.00. The Morgan fingerprint density at radius 2 is 1.79 bits per heavy atom. The third kappa shape index (κ3) is 1.70. The molecule has 0 saturated carbocycles. The summed E-state index contributed by atoms with van der Waals surface area (Å²) in [6.07, 6.45) is 1.06. The van der Waals surface area contributed by atoms with Crippen LogP contribution in [0.4, 0.5) is 0 Å². The number of rotatable bonds is 0. The SMILES string of the molecule is CC(C)(C)N1CCC2(C1)CS(=O)(=O)C2. The maximum absolute atomic E-state index is 11.2. The van der Waals surface area contributed by atoms with Gasteiger partial charge in [-0.15, -0.1) is 0 Å². The molecule has 0 amide bonds. The molecule has 0 radical (unpaired) electrons. The lowest BCUT2D eigenvalue weighted by molar-refractivity contribution is 0.155. The zero-order valence-corrected chi connectivity index (χ0v) is 10.0.